The summed E-state index contributed by atoms with van der Waals surface area (Å²) >= 11 is 0. The van der Waals surface area contributed by atoms with Crippen molar-refractivity contribution in [1.29, 1.82) is 0 Å². The number of imidazole rings is 1. The number of amides is 4. The molecule has 3 fully saturated rings. The van der Waals surface area contributed by atoms with E-state index in [4.69, 9.17) is 14.5 Å². The SMILES string of the molecule is COC(=O)N[C@H](C(=O)N1CCC[C@H]1c1cc2c([nH]1)-c1cc3c(cc1CC2)-c1ccc(-c2cnc([C@@H]4CCCN4C(=O)[C@H](NC(=O)C4CC4)c4ccccc4)[nH]2)cc1CO3)C(C)C. The summed E-state index contributed by atoms with van der Waals surface area (Å²) in [4.78, 5) is 68.9. The maximum Gasteiger partial charge on any atom is 0.407 e. The highest BCUT2D eigenvalue weighted by molar-refractivity contribution is 5.91. The van der Waals surface area contributed by atoms with Gasteiger partial charge in [0.15, 0.2) is 0 Å². The Kier molecular flexibility index (Phi) is 10.4. The van der Waals surface area contributed by atoms with Gasteiger partial charge in [-0.2, -0.15) is 0 Å². The highest BCUT2D eigenvalue weighted by atomic mass is 16.5. The first-order valence-electron chi connectivity index (χ1n) is 22.2. The summed E-state index contributed by atoms with van der Waals surface area (Å²) in [6, 6.07) is 20.9. The first kappa shape index (κ1) is 39.7. The van der Waals surface area contributed by atoms with Gasteiger partial charge in [-0.25, -0.2) is 9.78 Å². The minimum Gasteiger partial charge on any atom is -0.488 e. The lowest BCUT2D eigenvalue weighted by molar-refractivity contribution is -0.138. The molecule has 2 saturated heterocycles. The van der Waals surface area contributed by atoms with Gasteiger partial charge in [0.1, 0.15) is 30.3 Å². The molecule has 5 heterocycles. The minimum atomic E-state index is -0.738. The lowest BCUT2D eigenvalue weighted by atomic mass is 9.85. The molecule has 4 amide bonds. The Bertz CT molecular complexity index is 2560. The number of hydrogen-bond acceptors (Lipinski definition) is 7. The standard InChI is InChI=1S/C49H53N7O6/c1-27(2)42(54-49(60)61-3)47(58)55-19-7-11-39(55)37-23-32-16-15-30-22-36-34-18-17-31(21-33(34)26-62-41(36)24-35(30)43(32)51-37)38-25-50-45(52-38)40-12-8-20-56(40)48(59)44(28-9-5-4-6-10-28)53-46(57)29-13-14-29/h4-6,9-10,17-18,21-25,27,29,39-40,42,44,51H,7-8,11-16,19-20,26H2,1-3H3,(H,50,52)(H,53,57)(H,54,60)/t39-,40-,42-,44+/m0/s1. The predicted octanol–water partition coefficient (Wildman–Crippen LogP) is 7.70. The molecule has 0 unspecified atom stereocenters. The van der Waals surface area contributed by atoms with Crippen LogP contribution in [0.25, 0.3) is 33.6 Å². The average Bonchev–Trinajstić information content (AvgIpc) is 3.70. The van der Waals surface area contributed by atoms with E-state index in [1.54, 1.807) is 0 Å². The number of nitrogens with zero attached hydrogens (tertiary/aromatic N) is 3. The second-order valence-electron chi connectivity index (χ2n) is 17.8. The number of aromatic amines is 2. The van der Waals surface area contributed by atoms with Crippen molar-refractivity contribution in [2.24, 2.45) is 11.8 Å². The van der Waals surface area contributed by atoms with Gasteiger partial charge >= 0.3 is 6.09 Å². The Labute approximate surface area is 361 Å². The van der Waals surface area contributed by atoms with Crippen molar-refractivity contribution >= 4 is 23.8 Å². The maximum absolute atomic E-state index is 14.2. The molecule has 5 aromatic rings. The summed E-state index contributed by atoms with van der Waals surface area (Å²) in [5.41, 5.74) is 11.7. The maximum atomic E-state index is 14.2. The molecule has 2 aliphatic carbocycles. The molecule has 13 heteroatoms. The third-order valence-electron chi connectivity index (χ3n) is 13.5. The van der Waals surface area contributed by atoms with Gasteiger partial charge in [-0.05, 0) is 115 Å². The number of aryl methyl sites for hydroxylation is 2. The van der Waals surface area contributed by atoms with Gasteiger partial charge < -0.3 is 39.9 Å². The molecule has 0 spiro atoms. The molecule has 10 rings (SSSR count). The molecule has 0 bridgehead atoms. The molecule has 5 aliphatic rings. The summed E-state index contributed by atoms with van der Waals surface area (Å²) in [5, 5.41) is 5.81. The monoisotopic (exact) mass is 835 g/mol. The molecule has 320 valence electrons. The number of carbonyl (C=O) groups is 4. The van der Waals surface area contributed by atoms with Gasteiger partial charge in [-0.1, -0.05) is 56.3 Å². The summed E-state index contributed by atoms with van der Waals surface area (Å²) in [7, 11) is 1.31. The normalized spacial score (nSPS) is 19.7. The number of alkyl carbamates (subject to hydrolysis) is 1. The van der Waals surface area contributed by atoms with Crippen LogP contribution in [0.15, 0.2) is 72.9 Å². The molecule has 3 aromatic carbocycles. The van der Waals surface area contributed by atoms with Gasteiger partial charge in [0, 0.05) is 41.5 Å². The number of nitrogens with one attached hydrogen (secondary N) is 4. The molecular formula is C49H53N7O6. The molecule has 1 saturated carbocycles. The zero-order valence-corrected chi connectivity index (χ0v) is 35.5. The van der Waals surface area contributed by atoms with Crippen LogP contribution in [0.2, 0.25) is 0 Å². The van der Waals surface area contributed by atoms with Crippen molar-refractivity contribution in [2.45, 2.75) is 96.0 Å². The van der Waals surface area contributed by atoms with Gasteiger partial charge in [0.05, 0.1) is 31.1 Å². The number of benzene rings is 3. The van der Waals surface area contributed by atoms with Gasteiger partial charge in [0.25, 0.3) is 0 Å². The summed E-state index contributed by atoms with van der Waals surface area (Å²) in [6.07, 6.45) is 8.14. The van der Waals surface area contributed by atoms with Crippen LogP contribution in [0, 0.1) is 11.8 Å². The lowest BCUT2D eigenvalue weighted by Crippen LogP contribution is -2.51. The second-order valence-corrected chi connectivity index (χ2v) is 17.8. The highest BCUT2D eigenvalue weighted by Gasteiger charge is 2.40. The van der Waals surface area contributed by atoms with Crippen LogP contribution in [0.1, 0.15) is 104 Å². The van der Waals surface area contributed by atoms with Gasteiger partial charge in [-0.15, -0.1) is 0 Å². The number of carbonyl (C=O) groups excluding carboxylic acids is 4. The summed E-state index contributed by atoms with van der Waals surface area (Å²) in [6.45, 7) is 5.53. The van der Waals surface area contributed by atoms with Crippen LogP contribution in [0.5, 0.6) is 5.75 Å². The summed E-state index contributed by atoms with van der Waals surface area (Å²) < 4.78 is 11.3. The highest BCUT2D eigenvalue weighted by Crippen LogP contribution is 2.46. The number of fused-ring (bicyclic) bond motifs is 6. The number of rotatable bonds is 10. The third kappa shape index (κ3) is 7.30. The van der Waals surface area contributed by atoms with E-state index in [2.05, 4.69) is 57.0 Å². The van der Waals surface area contributed by atoms with E-state index in [1.807, 2.05) is 60.2 Å². The van der Waals surface area contributed by atoms with E-state index in [0.717, 1.165) is 113 Å². The number of likely N-dealkylation sites (tertiary alicyclic amines) is 2. The fourth-order valence-corrected chi connectivity index (χ4v) is 10.0. The minimum absolute atomic E-state index is 0.00315. The van der Waals surface area contributed by atoms with Crippen LogP contribution < -0.4 is 15.4 Å². The largest absolute Gasteiger partial charge is 0.488 e. The number of methoxy groups -OCH3 is 1. The van der Waals surface area contributed by atoms with E-state index in [0.29, 0.717) is 19.7 Å². The Balaban J connectivity index is 0.868. The number of ether oxygens (including phenoxy) is 2. The van der Waals surface area contributed by atoms with Crippen LogP contribution in [0.4, 0.5) is 4.79 Å². The topological polar surface area (TPSA) is 162 Å². The Morgan fingerprint density at radius 3 is 2.31 bits per heavy atom. The van der Waals surface area contributed by atoms with Gasteiger partial charge in [0.2, 0.25) is 17.7 Å². The van der Waals surface area contributed by atoms with Crippen LogP contribution in [-0.2, 0) is 38.6 Å². The van der Waals surface area contributed by atoms with E-state index in [1.165, 1.54) is 18.2 Å². The van der Waals surface area contributed by atoms with Crippen LogP contribution in [0.3, 0.4) is 0 Å². The molecule has 13 nitrogen and oxygen atoms in total. The molecule has 62 heavy (non-hydrogen) atoms. The molecular weight excluding hydrogens is 783 g/mol. The average molecular weight is 836 g/mol. The second kappa shape index (κ2) is 16.2. The van der Waals surface area contributed by atoms with Gasteiger partial charge in [-0.3, -0.25) is 14.4 Å². The molecule has 3 aliphatic heterocycles. The van der Waals surface area contributed by atoms with Crippen molar-refractivity contribution in [3.63, 3.8) is 0 Å². The molecule has 0 radical (unpaired) electrons. The Hall–Kier alpha value is -6.37. The Morgan fingerprint density at radius 1 is 0.790 bits per heavy atom. The lowest BCUT2D eigenvalue weighted by Gasteiger charge is -2.30. The smallest absolute Gasteiger partial charge is 0.407 e. The van der Waals surface area contributed by atoms with E-state index >= 15 is 0 Å². The van der Waals surface area contributed by atoms with Crippen molar-refractivity contribution in [3.8, 4) is 39.4 Å². The van der Waals surface area contributed by atoms with Crippen molar-refractivity contribution in [3.05, 3.63) is 107 Å². The summed E-state index contributed by atoms with van der Waals surface area (Å²) in [5.74, 6) is 1.24. The van der Waals surface area contributed by atoms with Crippen LogP contribution >= 0.6 is 0 Å². The number of hydrogen-bond donors (Lipinski definition) is 4. The first-order valence-corrected chi connectivity index (χ1v) is 22.2. The predicted molar refractivity (Wildman–Crippen MR) is 233 cm³/mol. The van der Waals surface area contributed by atoms with Crippen molar-refractivity contribution < 1.29 is 28.7 Å². The fourth-order valence-electron chi connectivity index (χ4n) is 10.0. The molecule has 4 atom stereocenters. The van der Waals surface area contributed by atoms with Crippen LogP contribution in [-0.4, -0.2) is 74.8 Å². The Morgan fingerprint density at radius 2 is 1.55 bits per heavy atom. The van der Waals surface area contributed by atoms with E-state index in [9.17, 15) is 19.2 Å². The zero-order chi connectivity index (χ0) is 42.6. The number of aromatic nitrogens is 3. The molecule has 2 aromatic heterocycles. The van der Waals surface area contributed by atoms with Crippen molar-refractivity contribution in [2.75, 3.05) is 20.2 Å². The van der Waals surface area contributed by atoms with E-state index in [-0.39, 0.29) is 41.6 Å². The molecule has 4 N–H and O–H groups in total. The number of H-pyrrole nitrogens is 2. The zero-order valence-electron chi connectivity index (χ0n) is 35.5. The fraction of sp³-hybridized carbons (Fsp3) is 0.408. The van der Waals surface area contributed by atoms with Crippen molar-refractivity contribution in [1.82, 2.24) is 35.4 Å². The first-order chi connectivity index (χ1) is 30.1. The van der Waals surface area contributed by atoms with E-state index < -0.39 is 18.2 Å². The third-order valence-corrected chi connectivity index (χ3v) is 13.5. The quantitative estimate of drug-likeness (QED) is 0.112.